The van der Waals surface area contributed by atoms with E-state index in [0.29, 0.717) is 5.41 Å². The van der Waals surface area contributed by atoms with Crippen molar-refractivity contribution in [2.75, 3.05) is 4.90 Å². The maximum absolute atomic E-state index is 2.56. The molecule has 3 atom stereocenters. The predicted octanol–water partition coefficient (Wildman–Crippen LogP) is 15.0. The Kier molecular flexibility index (Phi) is 7.52. The lowest BCUT2D eigenvalue weighted by molar-refractivity contribution is 0.371. The lowest BCUT2D eigenvalue weighted by Gasteiger charge is -2.31. The zero-order chi connectivity index (χ0) is 39.4. The Morgan fingerprint density at radius 1 is 0.517 bits per heavy atom. The van der Waals surface area contributed by atoms with Crippen molar-refractivity contribution in [1.82, 2.24) is 4.57 Å². The van der Waals surface area contributed by atoms with E-state index >= 15 is 0 Å². The van der Waals surface area contributed by atoms with Crippen molar-refractivity contribution < 1.29 is 0 Å². The molecule has 2 heteroatoms. The van der Waals surface area contributed by atoms with Crippen LogP contribution in [0.1, 0.15) is 54.0 Å². The van der Waals surface area contributed by atoms with Gasteiger partial charge >= 0.3 is 0 Å². The van der Waals surface area contributed by atoms with Gasteiger partial charge in [-0.1, -0.05) is 140 Å². The molecular weight excluding hydrogens is 725 g/mol. The SMILES string of the molecule is c1ccc(-c2ccc(N(c3ccc(C45CC6CC4CC6C5)cc3)c3ccc4cc(-n5c6c(c7ccccc75)-c5ccccc5CC6c5ccccc5)ccc4c3)cc2)cc1. The van der Waals surface area contributed by atoms with Crippen molar-refractivity contribution in [3.05, 3.63) is 217 Å². The van der Waals surface area contributed by atoms with Crippen LogP contribution in [0.15, 0.2) is 194 Å². The minimum atomic E-state index is 0.240. The molecule has 5 aliphatic rings. The Hall–Kier alpha value is -6.64. The third-order valence-corrected chi connectivity index (χ3v) is 15.3. The van der Waals surface area contributed by atoms with Crippen molar-refractivity contribution in [2.24, 2.45) is 17.8 Å². The van der Waals surface area contributed by atoms with E-state index in [1.54, 1.807) is 5.56 Å². The molecule has 60 heavy (non-hydrogen) atoms. The number of aromatic nitrogens is 1. The minimum absolute atomic E-state index is 0.240. The maximum Gasteiger partial charge on any atom is 0.0538 e. The highest BCUT2D eigenvalue weighted by Gasteiger charge is 2.63. The molecule has 8 aromatic carbocycles. The molecule has 0 radical (unpaired) electrons. The van der Waals surface area contributed by atoms with Gasteiger partial charge in [-0.2, -0.15) is 0 Å². The molecule has 4 bridgehead atoms. The highest BCUT2D eigenvalue weighted by molar-refractivity contribution is 6.02. The molecule has 288 valence electrons. The summed E-state index contributed by atoms with van der Waals surface area (Å²) in [7, 11) is 0. The number of anilines is 3. The molecule has 0 saturated heterocycles. The smallest absolute Gasteiger partial charge is 0.0538 e. The molecular formula is C58H46N2. The lowest BCUT2D eigenvalue weighted by Crippen LogP contribution is -2.24. The monoisotopic (exact) mass is 770 g/mol. The summed E-state index contributed by atoms with van der Waals surface area (Å²) in [6, 6.07) is 72.8. The normalized spacial score (nSPS) is 22.1. The van der Waals surface area contributed by atoms with Gasteiger partial charge < -0.3 is 9.47 Å². The number of hydrogen-bond acceptors (Lipinski definition) is 1. The number of rotatable bonds is 7. The summed E-state index contributed by atoms with van der Waals surface area (Å²) in [5.74, 6) is 3.07. The zero-order valence-electron chi connectivity index (χ0n) is 33.7. The van der Waals surface area contributed by atoms with Crippen molar-refractivity contribution in [3.8, 4) is 27.9 Å². The Morgan fingerprint density at radius 2 is 1.13 bits per heavy atom. The molecule has 0 aliphatic heterocycles. The van der Waals surface area contributed by atoms with Crippen LogP contribution < -0.4 is 4.90 Å². The van der Waals surface area contributed by atoms with Crippen LogP contribution in [-0.2, 0) is 11.8 Å². The fraction of sp³-hybridized carbons (Fsp3) is 0.172. The highest BCUT2D eigenvalue weighted by atomic mass is 15.1. The average Bonchev–Trinajstić information content (AvgIpc) is 4.14. The van der Waals surface area contributed by atoms with E-state index in [4.69, 9.17) is 0 Å². The summed E-state index contributed by atoms with van der Waals surface area (Å²) < 4.78 is 2.56. The Balaban J connectivity index is 0.928. The molecule has 1 aromatic heterocycles. The molecule has 5 aliphatic carbocycles. The first-order valence-corrected chi connectivity index (χ1v) is 22.1. The van der Waals surface area contributed by atoms with Crippen molar-refractivity contribution >= 4 is 38.7 Å². The first kappa shape index (κ1) is 34.2. The summed E-state index contributed by atoms with van der Waals surface area (Å²) in [4.78, 5) is 2.45. The third kappa shape index (κ3) is 5.13. The van der Waals surface area contributed by atoms with Gasteiger partial charge in [0, 0.05) is 45.3 Å². The van der Waals surface area contributed by atoms with Crippen molar-refractivity contribution in [1.29, 1.82) is 0 Å². The number of hydrogen-bond donors (Lipinski definition) is 0. The van der Waals surface area contributed by atoms with E-state index in [1.165, 1.54) is 109 Å². The molecule has 9 aromatic rings. The number of fused-ring (bicyclic) bond motifs is 6. The third-order valence-electron chi connectivity index (χ3n) is 15.3. The molecule has 4 fully saturated rings. The van der Waals surface area contributed by atoms with Crippen LogP contribution >= 0.6 is 0 Å². The van der Waals surface area contributed by atoms with Gasteiger partial charge in [0.2, 0.25) is 0 Å². The second-order valence-corrected chi connectivity index (χ2v) is 18.2. The first-order valence-electron chi connectivity index (χ1n) is 22.1. The quantitative estimate of drug-likeness (QED) is 0.157. The van der Waals surface area contributed by atoms with E-state index in [0.717, 1.165) is 24.2 Å². The molecule has 1 heterocycles. The molecule has 2 nitrogen and oxygen atoms in total. The van der Waals surface area contributed by atoms with Gasteiger partial charge in [-0.05, 0) is 154 Å². The van der Waals surface area contributed by atoms with Crippen LogP contribution in [0.5, 0.6) is 0 Å². The number of para-hydroxylation sites is 1. The van der Waals surface area contributed by atoms with Gasteiger partial charge in [-0.25, -0.2) is 0 Å². The largest absolute Gasteiger partial charge is 0.312 e. The van der Waals surface area contributed by atoms with Crippen molar-refractivity contribution in [3.63, 3.8) is 0 Å². The standard InChI is InChI=1S/C58H46N2/c1-3-11-38(12-4-1)39-19-25-48(26-20-39)59(49-29-23-46(24-30-49)58-36-44-31-47(58)32-45(44)37-58)50-27-21-42-34-51(28-22-41(42)33-50)60-55-18-10-9-17-53(55)56-52-16-8-7-15-43(52)35-54(57(56)60)40-13-5-2-6-14-40/h1-30,33-34,44-45,47,54H,31-32,35-37H2. The van der Waals surface area contributed by atoms with Gasteiger partial charge in [0.25, 0.3) is 0 Å². The highest BCUT2D eigenvalue weighted by Crippen LogP contribution is 2.70. The van der Waals surface area contributed by atoms with E-state index in [2.05, 4.69) is 204 Å². The Labute approximate surface area is 352 Å². The summed E-state index contributed by atoms with van der Waals surface area (Å²) in [6.45, 7) is 0. The molecule has 4 saturated carbocycles. The number of nitrogens with zero attached hydrogens (tertiary/aromatic N) is 2. The minimum Gasteiger partial charge on any atom is -0.312 e. The predicted molar refractivity (Wildman–Crippen MR) is 249 cm³/mol. The van der Waals surface area contributed by atoms with Gasteiger partial charge in [0.1, 0.15) is 0 Å². The van der Waals surface area contributed by atoms with Crippen LogP contribution in [-0.4, -0.2) is 4.57 Å². The molecule has 0 N–H and O–H groups in total. The average molecular weight is 771 g/mol. The second kappa shape index (κ2) is 13.2. The maximum atomic E-state index is 2.56. The van der Waals surface area contributed by atoms with Gasteiger partial charge in [0.15, 0.2) is 0 Å². The summed E-state index contributed by atoms with van der Waals surface area (Å²) in [5, 5.41) is 3.78. The van der Waals surface area contributed by atoms with E-state index < -0.39 is 0 Å². The lowest BCUT2D eigenvalue weighted by atomic mass is 9.75. The fourth-order valence-corrected chi connectivity index (χ4v) is 12.7. The zero-order valence-corrected chi connectivity index (χ0v) is 33.7. The van der Waals surface area contributed by atoms with Gasteiger partial charge in [0.05, 0.1) is 5.52 Å². The van der Waals surface area contributed by atoms with E-state index in [-0.39, 0.29) is 5.92 Å². The molecule has 3 unspecified atom stereocenters. The van der Waals surface area contributed by atoms with Crippen LogP contribution in [0.2, 0.25) is 0 Å². The van der Waals surface area contributed by atoms with Crippen LogP contribution in [0, 0.1) is 17.8 Å². The van der Waals surface area contributed by atoms with E-state index in [1.807, 2.05) is 0 Å². The van der Waals surface area contributed by atoms with E-state index in [9.17, 15) is 0 Å². The molecule has 14 rings (SSSR count). The number of benzene rings is 8. The van der Waals surface area contributed by atoms with Gasteiger partial charge in [-0.3, -0.25) is 0 Å². The fourth-order valence-electron chi connectivity index (χ4n) is 12.7. The first-order chi connectivity index (χ1) is 29.7. The molecule has 0 amide bonds. The summed E-state index contributed by atoms with van der Waals surface area (Å²) in [5.41, 5.74) is 17.4. The van der Waals surface area contributed by atoms with Crippen LogP contribution in [0.25, 0.3) is 49.6 Å². The topological polar surface area (TPSA) is 8.17 Å². The Bertz CT molecular complexity index is 3070. The summed E-state index contributed by atoms with van der Waals surface area (Å²) >= 11 is 0. The van der Waals surface area contributed by atoms with Crippen molar-refractivity contribution in [2.45, 2.75) is 43.4 Å². The van der Waals surface area contributed by atoms with Crippen LogP contribution in [0.4, 0.5) is 17.1 Å². The van der Waals surface area contributed by atoms with Gasteiger partial charge in [-0.15, -0.1) is 0 Å². The molecule has 0 spiro atoms. The second-order valence-electron chi connectivity index (χ2n) is 18.2. The summed E-state index contributed by atoms with van der Waals surface area (Å²) in [6.07, 6.45) is 6.69. The van der Waals surface area contributed by atoms with Crippen LogP contribution in [0.3, 0.4) is 0 Å². The Morgan fingerprint density at radius 3 is 1.88 bits per heavy atom.